The number of hydrogen-bond donors (Lipinski definition) is 1. The van der Waals surface area contributed by atoms with Gasteiger partial charge in [-0.1, -0.05) is 19.1 Å². The first kappa shape index (κ1) is 14.2. The summed E-state index contributed by atoms with van der Waals surface area (Å²) in [4.78, 5) is 11.3. The van der Waals surface area contributed by atoms with Crippen LogP contribution in [0.3, 0.4) is 0 Å². The molecular formula is C13H22O4. The van der Waals surface area contributed by atoms with Crippen molar-refractivity contribution in [2.45, 2.75) is 44.8 Å². The standard InChI is InChI=1S/C13H22O4/c1-10-9-17-12(14)8-6-4-3-5-7-11(16-2)13(10)15/h5,7,10-11,13,15H,3-4,6,8-9H2,1-2H3/b7-5+/t10-,11+,13+/m1/s1. The molecule has 4 nitrogen and oxygen atoms in total. The molecule has 0 spiro atoms. The molecule has 1 rings (SSSR count). The maximum atomic E-state index is 11.3. The molecule has 1 N–H and O–H groups in total. The number of esters is 1. The van der Waals surface area contributed by atoms with Gasteiger partial charge in [-0.2, -0.15) is 0 Å². The molecular weight excluding hydrogens is 220 g/mol. The van der Waals surface area contributed by atoms with Crippen LogP contribution in [0.2, 0.25) is 0 Å². The van der Waals surface area contributed by atoms with Gasteiger partial charge in [0.15, 0.2) is 0 Å². The van der Waals surface area contributed by atoms with Gasteiger partial charge in [0.2, 0.25) is 0 Å². The van der Waals surface area contributed by atoms with E-state index in [-0.39, 0.29) is 24.6 Å². The van der Waals surface area contributed by atoms with Gasteiger partial charge in [-0.25, -0.2) is 0 Å². The molecule has 0 amide bonds. The van der Waals surface area contributed by atoms with Gasteiger partial charge in [-0.3, -0.25) is 4.79 Å². The van der Waals surface area contributed by atoms with Crippen molar-refractivity contribution in [3.8, 4) is 0 Å². The van der Waals surface area contributed by atoms with Crippen molar-refractivity contribution >= 4 is 5.97 Å². The molecule has 17 heavy (non-hydrogen) atoms. The summed E-state index contributed by atoms with van der Waals surface area (Å²) >= 11 is 0. The van der Waals surface area contributed by atoms with Crippen LogP contribution in [-0.4, -0.2) is 37.0 Å². The number of aliphatic hydroxyl groups excluding tert-OH is 1. The topological polar surface area (TPSA) is 55.8 Å². The molecule has 0 radical (unpaired) electrons. The lowest BCUT2D eigenvalue weighted by Crippen LogP contribution is -2.35. The van der Waals surface area contributed by atoms with Gasteiger partial charge in [0.05, 0.1) is 12.7 Å². The Morgan fingerprint density at radius 1 is 1.47 bits per heavy atom. The highest BCUT2D eigenvalue weighted by atomic mass is 16.5. The fraction of sp³-hybridized carbons (Fsp3) is 0.769. The zero-order valence-electron chi connectivity index (χ0n) is 10.6. The minimum Gasteiger partial charge on any atom is -0.465 e. The van der Waals surface area contributed by atoms with Crippen LogP contribution in [0.25, 0.3) is 0 Å². The zero-order chi connectivity index (χ0) is 12.7. The summed E-state index contributed by atoms with van der Waals surface area (Å²) in [6.45, 7) is 2.09. The fourth-order valence-electron chi connectivity index (χ4n) is 1.81. The van der Waals surface area contributed by atoms with E-state index in [2.05, 4.69) is 0 Å². The van der Waals surface area contributed by atoms with Crippen molar-refractivity contribution in [1.29, 1.82) is 0 Å². The molecule has 0 aliphatic carbocycles. The van der Waals surface area contributed by atoms with E-state index in [0.29, 0.717) is 6.42 Å². The second-order valence-corrected chi connectivity index (χ2v) is 4.53. The normalized spacial score (nSPS) is 34.3. The highest BCUT2D eigenvalue weighted by Crippen LogP contribution is 2.14. The van der Waals surface area contributed by atoms with Gasteiger partial charge in [0.1, 0.15) is 6.10 Å². The van der Waals surface area contributed by atoms with E-state index in [1.165, 1.54) is 0 Å². The maximum Gasteiger partial charge on any atom is 0.305 e. The van der Waals surface area contributed by atoms with Crippen LogP contribution in [-0.2, 0) is 14.3 Å². The number of carbonyl (C=O) groups excluding carboxylic acids is 1. The van der Waals surface area contributed by atoms with Crippen LogP contribution in [0.15, 0.2) is 12.2 Å². The van der Waals surface area contributed by atoms with Crippen LogP contribution >= 0.6 is 0 Å². The van der Waals surface area contributed by atoms with Crippen LogP contribution in [0, 0.1) is 5.92 Å². The van der Waals surface area contributed by atoms with Crippen molar-refractivity contribution in [2.24, 2.45) is 5.92 Å². The highest BCUT2D eigenvalue weighted by Gasteiger charge is 2.24. The minimum atomic E-state index is -0.650. The predicted molar refractivity (Wildman–Crippen MR) is 64.5 cm³/mol. The van der Waals surface area contributed by atoms with Gasteiger partial charge in [-0.05, 0) is 19.3 Å². The average molecular weight is 242 g/mol. The number of aliphatic hydroxyl groups is 1. The lowest BCUT2D eigenvalue weighted by molar-refractivity contribution is -0.147. The number of hydrogen-bond acceptors (Lipinski definition) is 4. The summed E-state index contributed by atoms with van der Waals surface area (Å²) < 4.78 is 10.3. The first-order chi connectivity index (χ1) is 8.15. The molecule has 0 aromatic carbocycles. The van der Waals surface area contributed by atoms with Crippen molar-refractivity contribution in [1.82, 2.24) is 0 Å². The first-order valence-electron chi connectivity index (χ1n) is 6.18. The van der Waals surface area contributed by atoms with Crippen molar-refractivity contribution in [3.05, 3.63) is 12.2 Å². The Balaban J connectivity index is 2.64. The van der Waals surface area contributed by atoms with E-state index in [4.69, 9.17) is 9.47 Å². The molecule has 0 saturated carbocycles. The third-order valence-corrected chi connectivity index (χ3v) is 3.03. The van der Waals surface area contributed by atoms with Crippen molar-refractivity contribution in [3.63, 3.8) is 0 Å². The third kappa shape index (κ3) is 4.88. The predicted octanol–water partition coefficient (Wildman–Crippen LogP) is 1.67. The van der Waals surface area contributed by atoms with Gasteiger partial charge in [-0.15, -0.1) is 0 Å². The fourth-order valence-corrected chi connectivity index (χ4v) is 1.81. The quantitative estimate of drug-likeness (QED) is 0.561. The number of rotatable bonds is 1. The van der Waals surface area contributed by atoms with E-state index in [0.717, 1.165) is 19.3 Å². The Kier molecular flexibility index (Phi) is 6.22. The molecule has 3 atom stereocenters. The Bertz CT molecular complexity index is 262. The van der Waals surface area contributed by atoms with E-state index in [1.54, 1.807) is 7.11 Å². The van der Waals surface area contributed by atoms with Crippen LogP contribution < -0.4 is 0 Å². The Morgan fingerprint density at radius 3 is 2.94 bits per heavy atom. The maximum absolute atomic E-state index is 11.3. The molecule has 0 fully saturated rings. The number of carbonyl (C=O) groups is 1. The van der Waals surface area contributed by atoms with E-state index in [9.17, 15) is 9.90 Å². The van der Waals surface area contributed by atoms with Crippen molar-refractivity contribution in [2.75, 3.05) is 13.7 Å². The zero-order valence-corrected chi connectivity index (χ0v) is 10.6. The molecule has 0 bridgehead atoms. The van der Waals surface area contributed by atoms with Crippen LogP contribution in [0.1, 0.15) is 32.6 Å². The smallest absolute Gasteiger partial charge is 0.305 e. The molecule has 0 aromatic heterocycles. The van der Waals surface area contributed by atoms with Gasteiger partial charge in [0, 0.05) is 19.4 Å². The summed E-state index contributed by atoms with van der Waals surface area (Å²) in [5, 5.41) is 10.0. The monoisotopic (exact) mass is 242 g/mol. The lowest BCUT2D eigenvalue weighted by Gasteiger charge is -2.24. The van der Waals surface area contributed by atoms with E-state index < -0.39 is 6.10 Å². The van der Waals surface area contributed by atoms with E-state index >= 15 is 0 Å². The number of methoxy groups -OCH3 is 1. The molecule has 1 aliphatic heterocycles. The SMILES string of the molecule is CO[C@H]1/C=C/CCCCC(=O)OC[C@@H](C)[C@@H]1O. The average Bonchev–Trinajstić information content (AvgIpc) is 2.33. The summed E-state index contributed by atoms with van der Waals surface area (Å²) in [7, 11) is 1.57. The summed E-state index contributed by atoms with van der Waals surface area (Å²) in [5.74, 6) is -0.310. The number of cyclic esters (lactones) is 1. The Hall–Kier alpha value is -0.870. The lowest BCUT2D eigenvalue weighted by atomic mass is 9.99. The highest BCUT2D eigenvalue weighted by molar-refractivity contribution is 5.69. The Labute approximate surface area is 103 Å². The second-order valence-electron chi connectivity index (χ2n) is 4.53. The largest absolute Gasteiger partial charge is 0.465 e. The summed E-state index contributed by atoms with van der Waals surface area (Å²) in [6.07, 6.45) is 6.08. The molecule has 0 saturated heterocycles. The number of allylic oxidation sites excluding steroid dienone is 1. The number of ether oxygens (including phenoxy) is 2. The molecule has 1 aliphatic rings. The van der Waals surface area contributed by atoms with Crippen LogP contribution in [0.4, 0.5) is 0 Å². The van der Waals surface area contributed by atoms with Crippen molar-refractivity contribution < 1.29 is 19.4 Å². The second kappa shape index (κ2) is 7.45. The Morgan fingerprint density at radius 2 is 2.24 bits per heavy atom. The summed E-state index contributed by atoms with van der Waals surface area (Å²) in [6, 6.07) is 0. The first-order valence-corrected chi connectivity index (χ1v) is 6.18. The van der Waals surface area contributed by atoms with Gasteiger partial charge >= 0.3 is 5.97 Å². The molecule has 0 aromatic rings. The third-order valence-electron chi connectivity index (χ3n) is 3.03. The molecule has 1 heterocycles. The molecule has 4 heteroatoms. The van der Waals surface area contributed by atoms with Gasteiger partial charge < -0.3 is 14.6 Å². The van der Waals surface area contributed by atoms with E-state index in [1.807, 2.05) is 19.1 Å². The molecule has 0 unspecified atom stereocenters. The minimum absolute atomic E-state index is 0.132. The summed E-state index contributed by atoms with van der Waals surface area (Å²) in [5.41, 5.74) is 0. The molecule has 98 valence electrons. The van der Waals surface area contributed by atoms with Gasteiger partial charge in [0.25, 0.3) is 0 Å². The van der Waals surface area contributed by atoms with Crippen LogP contribution in [0.5, 0.6) is 0 Å².